The van der Waals surface area contributed by atoms with Crippen molar-refractivity contribution in [2.75, 3.05) is 0 Å². The first-order valence-electron chi connectivity index (χ1n) is 4.68. The van der Waals surface area contributed by atoms with Gasteiger partial charge < -0.3 is 0 Å². The second-order valence-corrected chi connectivity index (χ2v) is 5.33. The lowest BCUT2D eigenvalue weighted by Gasteiger charge is -2.10. The number of nitrogens with one attached hydrogen (secondary N) is 1. The Kier molecular flexibility index (Phi) is 2.14. The Bertz CT molecular complexity index is 466. The fraction of sp³-hybridized carbons (Fsp3) is 0.364. The van der Waals surface area contributed by atoms with E-state index in [4.69, 9.17) is 0 Å². The monoisotopic (exact) mass is 253 g/mol. The predicted molar refractivity (Wildman–Crippen MR) is 60.4 cm³/mol. The maximum absolute atomic E-state index is 3.52. The molecule has 0 aliphatic rings. The van der Waals surface area contributed by atoms with Crippen LogP contribution in [0.4, 0.5) is 0 Å². The molecule has 2 aromatic rings. The Balaban J connectivity index is 2.69. The molecule has 2 heterocycles. The van der Waals surface area contributed by atoms with Crippen molar-refractivity contribution in [1.29, 1.82) is 0 Å². The van der Waals surface area contributed by atoms with E-state index in [2.05, 4.69) is 58.3 Å². The van der Waals surface area contributed by atoms with Gasteiger partial charge in [0.1, 0.15) is 11.9 Å². The van der Waals surface area contributed by atoms with E-state index < -0.39 is 0 Å². The van der Waals surface area contributed by atoms with Crippen molar-refractivity contribution in [2.45, 2.75) is 26.2 Å². The molecule has 0 aromatic carbocycles. The normalized spacial score (nSPS) is 12.3. The molecule has 3 heteroatoms. The highest BCUT2D eigenvalue weighted by atomic mass is 79.9. The summed E-state index contributed by atoms with van der Waals surface area (Å²) < 4.78 is 3.18. The lowest BCUT2D eigenvalue weighted by Crippen LogP contribution is -2.20. The van der Waals surface area contributed by atoms with Gasteiger partial charge in [-0.15, -0.1) is 0 Å². The summed E-state index contributed by atoms with van der Waals surface area (Å²) in [5.41, 5.74) is 2.51. The Hall–Kier alpha value is -0.830. The van der Waals surface area contributed by atoms with Crippen molar-refractivity contribution in [3.05, 3.63) is 34.7 Å². The number of hydrogen-bond donors (Lipinski definition) is 1. The maximum atomic E-state index is 3.52. The molecule has 0 unspecified atom stereocenters. The lowest BCUT2D eigenvalue weighted by atomic mass is 9.93. The van der Waals surface area contributed by atoms with E-state index in [1.165, 1.54) is 5.69 Å². The molecular formula is C11H14BrN2+. The number of pyridine rings is 1. The zero-order chi connectivity index (χ0) is 10.3. The van der Waals surface area contributed by atoms with E-state index in [0.29, 0.717) is 0 Å². The van der Waals surface area contributed by atoms with Crippen LogP contribution in [0.1, 0.15) is 26.5 Å². The summed E-state index contributed by atoms with van der Waals surface area (Å²) in [7, 11) is 0. The number of H-pyrrole nitrogens is 1. The van der Waals surface area contributed by atoms with Crippen LogP contribution in [0.2, 0.25) is 0 Å². The van der Waals surface area contributed by atoms with Crippen molar-refractivity contribution in [2.24, 2.45) is 0 Å². The molecule has 1 N–H and O–H groups in total. The third-order valence-electron chi connectivity index (χ3n) is 2.31. The fourth-order valence-corrected chi connectivity index (χ4v) is 1.85. The minimum atomic E-state index is 0.158. The van der Waals surface area contributed by atoms with Crippen LogP contribution in [0.3, 0.4) is 0 Å². The Morgan fingerprint density at radius 3 is 2.57 bits per heavy atom. The molecule has 0 radical (unpaired) electrons. The molecule has 0 fully saturated rings. The van der Waals surface area contributed by atoms with Crippen LogP contribution in [0.25, 0.3) is 5.65 Å². The molecule has 0 spiro atoms. The van der Waals surface area contributed by atoms with Crippen molar-refractivity contribution < 1.29 is 4.40 Å². The van der Waals surface area contributed by atoms with Gasteiger partial charge in [-0.25, -0.2) is 4.98 Å². The van der Waals surface area contributed by atoms with Crippen LogP contribution in [0.15, 0.2) is 29.0 Å². The average molecular weight is 254 g/mol. The molecule has 2 nitrogen and oxygen atoms in total. The van der Waals surface area contributed by atoms with Gasteiger partial charge in [0.2, 0.25) is 0 Å². The molecule has 14 heavy (non-hydrogen) atoms. The van der Waals surface area contributed by atoms with Gasteiger partial charge in [-0.1, -0.05) is 20.8 Å². The second-order valence-electron chi connectivity index (χ2n) is 4.52. The number of rotatable bonds is 0. The number of aromatic nitrogens is 2. The highest BCUT2D eigenvalue weighted by Gasteiger charge is 2.22. The van der Waals surface area contributed by atoms with Crippen LogP contribution in [-0.2, 0) is 5.41 Å². The fourth-order valence-electron chi connectivity index (χ4n) is 1.41. The summed E-state index contributed by atoms with van der Waals surface area (Å²) in [6, 6.07) is 6.13. The van der Waals surface area contributed by atoms with Gasteiger partial charge in [-0.3, -0.25) is 0 Å². The first-order chi connectivity index (χ1) is 6.48. The minimum absolute atomic E-state index is 0.158. The van der Waals surface area contributed by atoms with Crippen molar-refractivity contribution in [3.63, 3.8) is 0 Å². The Morgan fingerprint density at radius 2 is 2.00 bits per heavy atom. The molecule has 0 saturated heterocycles. The summed E-state index contributed by atoms with van der Waals surface area (Å²) in [5, 5.41) is 0. The molecule has 2 aromatic heterocycles. The number of aromatic amines is 1. The smallest absolute Gasteiger partial charge is 0.240 e. The van der Waals surface area contributed by atoms with E-state index in [-0.39, 0.29) is 5.41 Å². The SMILES string of the molecule is CC(C)(C)c1c[n+]2c(Br)cccc2[nH]1. The van der Waals surface area contributed by atoms with Crippen LogP contribution in [-0.4, -0.2) is 4.98 Å². The number of halogens is 1. The topological polar surface area (TPSA) is 19.9 Å². The first kappa shape index (κ1) is 9.71. The first-order valence-corrected chi connectivity index (χ1v) is 5.47. The van der Waals surface area contributed by atoms with E-state index in [0.717, 1.165) is 10.3 Å². The molecule has 74 valence electrons. The molecular weight excluding hydrogens is 240 g/mol. The molecule has 0 amide bonds. The quantitative estimate of drug-likeness (QED) is 0.551. The van der Waals surface area contributed by atoms with Gasteiger partial charge in [0.15, 0.2) is 4.60 Å². The van der Waals surface area contributed by atoms with Gasteiger partial charge in [-0.05, 0) is 28.1 Å². The summed E-state index contributed by atoms with van der Waals surface area (Å²) >= 11 is 3.52. The third kappa shape index (κ3) is 1.57. The van der Waals surface area contributed by atoms with Gasteiger partial charge >= 0.3 is 0 Å². The zero-order valence-corrected chi connectivity index (χ0v) is 10.2. The Labute approximate surface area is 92.1 Å². The second kappa shape index (κ2) is 3.09. The molecule has 0 bridgehead atoms. The largest absolute Gasteiger partial charge is 0.285 e. The number of nitrogens with zero attached hydrogens (tertiary/aromatic N) is 1. The summed E-state index contributed by atoms with van der Waals surface area (Å²) in [4.78, 5) is 3.41. The van der Waals surface area contributed by atoms with E-state index >= 15 is 0 Å². The summed E-state index contributed by atoms with van der Waals surface area (Å²) in [6.07, 6.45) is 2.14. The molecule has 0 aliphatic carbocycles. The van der Waals surface area contributed by atoms with Crippen molar-refractivity contribution in [3.8, 4) is 0 Å². The summed E-state index contributed by atoms with van der Waals surface area (Å²) in [5.74, 6) is 0. The van der Waals surface area contributed by atoms with Gasteiger partial charge in [0.05, 0.1) is 0 Å². The Morgan fingerprint density at radius 1 is 1.29 bits per heavy atom. The number of fused-ring (bicyclic) bond motifs is 1. The predicted octanol–water partition coefficient (Wildman–Crippen LogP) is 2.81. The van der Waals surface area contributed by atoms with Gasteiger partial charge in [0, 0.05) is 11.5 Å². The van der Waals surface area contributed by atoms with Crippen LogP contribution in [0.5, 0.6) is 0 Å². The standard InChI is InChI=1S/C11H13BrN2/c1-11(2,3)8-7-14-9(12)5-4-6-10(14)13-8/h4-7H,1-3H3/p+1. The highest BCUT2D eigenvalue weighted by molar-refractivity contribution is 9.10. The summed E-state index contributed by atoms with van der Waals surface area (Å²) in [6.45, 7) is 6.60. The zero-order valence-electron chi connectivity index (χ0n) is 8.63. The third-order valence-corrected chi connectivity index (χ3v) is 2.95. The molecule has 0 aliphatic heterocycles. The molecule has 2 rings (SSSR count). The van der Waals surface area contributed by atoms with Crippen LogP contribution in [0, 0.1) is 0 Å². The number of imidazole rings is 1. The van der Waals surface area contributed by atoms with Gasteiger partial charge in [0.25, 0.3) is 5.65 Å². The average Bonchev–Trinajstić information content (AvgIpc) is 2.48. The number of hydrogen-bond acceptors (Lipinski definition) is 0. The minimum Gasteiger partial charge on any atom is -0.240 e. The van der Waals surface area contributed by atoms with Gasteiger partial charge in [-0.2, -0.15) is 4.40 Å². The van der Waals surface area contributed by atoms with Crippen molar-refractivity contribution in [1.82, 2.24) is 4.98 Å². The lowest BCUT2D eigenvalue weighted by molar-refractivity contribution is -0.523. The van der Waals surface area contributed by atoms with Crippen LogP contribution >= 0.6 is 15.9 Å². The molecule has 0 saturated carbocycles. The maximum Gasteiger partial charge on any atom is 0.285 e. The van der Waals surface area contributed by atoms with E-state index in [1.54, 1.807) is 0 Å². The van der Waals surface area contributed by atoms with E-state index in [1.807, 2.05) is 12.1 Å². The highest BCUT2D eigenvalue weighted by Crippen LogP contribution is 2.20. The van der Waals surface area contributed by atoms with Crippen molar-refractivity contribution >= 4 is 21.6 Å². The van der Waals surface area contributed by atoms with Crippen LogP contribution < -0.4 is 4.40 Å². The van der Waals surface area contributed by atoms with E-state index in [9.17, 15) is 0 Å². The molecule has 0 atom stereocenters.